The van der Waals surface area contributed by atoms with Gasteiger partial charge in [-0.05, 0) is 67.8 Å². The van der Waals surface area contributed by atoms with E-state index in [0.717, 1.165) is 4.90 Å². The van der Waals surface area contributed by atoms with Crippen LogP contribution in [0.2, 0.25) is 0 Å². The second kappa shape index (κ2) is 10.4. The minimum atomic E-state index is -3.66. The van der Waals surface area contributed by atoms with Gasteiger partial charge in [0.25, 0.3) is 15.9 Å². The van der Waals surface area contributed by atoms with Gasteiger partial charge in [-0.25, -0.2) is 8.42 Å². The van der Waals surface area contributed by atoms with Gasteiger partial charge in [0.1, 0.15) is 5.75 Å². The lowest BCUT2D eigenvalue weighted by molar-refractivity contribution is -0.118. The van der Waals surface area contributed by atoms with Crippen molar-refractivity contribution in [1.29, 1.82) is 0 Å². The van der Waals surface area contributed by atoms with Gasteiger partial charge in [0.15, 0.2) is 6.61 Å². The van der Waals surface area contributed by atoms with E-state index in [1.807, 2.05) is 30.5 Å². The van der Waals surface area contributed by atoms with Crippen LogP contribution in [-0.4, -0.2) is 33.7 Å². The standard InChI is InChI=1S/C23H24N2O4S2/c1-3-25(31(27,28)22-10-5-4-6-11-22)19-12-14-20(15-13-19)29-17-23(26)24-18-8-7-9-21(16-18)30-2/h4-16H,3,17H2,1-2H3,(H,24,26). The molecule has 3 aromatic rings. The third kappa shape index (κ3) is 5.80. The van der Waals surface area contributed by atoms with E-state index in [0.29, 0.717) is 17.1 Å². The van der Waals surface area contributed by atoms with Gasteiger partial charge in [0.2, 0.25) is 0 Å². The highest BCUT2D eigenvalue weighted by Crippen LogP contribution is 2.25. The van der Waals surface area contributed by atoms with Crippen LogP contribution in [0.3, 0.4) is 0 Å². The average molecular weight is 457 g/mol. The summed E-state index contributed by atoms with van der Waals surface area (Å²) in [5, 5.41) is 2.80. The van der Waals surface area contributed by atoms with Gasteiger partial charge in [-0.15, -0.1) is 11.8 Å². The van der Waals surface area contributed by atoms with Crippen molar-refractivity contribution in [1.82, 2.24) is 0 Å². The fraction of sp³-hybridized carbons (Fsp3) is 0.174. The van der Waals surface area contributed by atoms with Crippen LogP contribution in [0.4, 0.5) is 11.4 Å². The van der Waals surface area contributed by atoms with Crippen LogP contribution in [0.1, 0.15) is 6.92 Å². The first-order valence-electron chi connectivity index (χ1n) is 9.68. The maximum absolute atomic E-state index is 12.9. The summed E-state index contributed by atoms with van der Waals surface area (Å²) in [7, 11) is -3.66. The van der Waals surface area contributed by atoms with Crippen molar-refractivity contribution in [2.24, 2.45) is 0 Å². The van der Waals surface area contributed by atoms with Crippen molar-refractivity contribution in [3.8, 4) is 5.75 Å². The molecule has 0 unspecified atom stereocenters. The van der Waals surface area contributed by atoms with Crippen molar-refractivity contribution in [3.63, 3.8) is 0 Å². The van der Waals surface area contributed by atoms with Crippen LogP contribution < -0.4 is 14.4 Å². The highest BCUT2D eigenvalue weighted by Gasteiger charge is 2.23. The van der Waals surface area contributed by atoms with Gasteiger partial charge >= 0.3 is 0 Å². The largest absolute Gasteiger partial charge is 0.484 e. The summed E-state index contributed by atoms with van der Waals surface area (Å²) in [5.41, 5.74) is 1.23. The van der Waals surface area contributed by atoms with E-state index in [9.17, 15) is 13.2 Å². The zero-order chi connectivity index (χ0) is 22.3. The molecule has 3 rings (SSSR count). The minimum absolute atomic E-state index is 0.150. The number of nitrogens with zero attached hydrogens (tertiary/aromatic N) is 1. The number of thioether (sulfide) groups is 1. The molecule has 0 saturated carbocycles. The second-order valence-corrected chi connectivity index (χ2v) is 9.29. The summed E-state index contributed by atoms with van der Waals surface area (Å²) in [5.74, 6) is 0.203. The van der Waals surface area contributed by atoms with Gasteiger partial charge in [-0.3, -0.25) is 9.10 Å². The lowest BCUT2D eigenvalue weighted by Crippen LogP contribution is -2.30. The molecule has 1 amide bonds. The Morgan fingerprint density at radius 2 is 1.71 bits per heavy atom. The van der Waals surface area contributed by atoms with Gasteiger partial charge in [-0.2, -0.15) is 0 Å². The zero-order valence-corrected chi connectivity index (χ0v) is 18.9. The number of carbonyl (C=O) groups excluding carboxylic acids is 1. The number of hydrogen-bond acceptors (Lipinski definition) is 5. The van der Waals surface area contributed by atoms with Crippen LogP contribution in [0.15, 0.2) is 88.7 Å². The Balaban J connectivity index is 1.63. The zero-order valence-electron chi connectivity index (χ0n) is 17.3. The van der Waals surface area contributed by atoms with E-state index in [2.05, 4.69) is 5.32 Å². The number of carbonyl (C=O) groups is 1. The fourth-order valence-electron chi connectivity index (χ4n) is 2.97. The molecule has 3 aromatic carbocycles. The second-order valence-electron chi connectivity index (χ2n) is 6.55. The Hall–Kier alpha value is -2.97. The summed E-state index contributed by atoms with van der Waals surface area (Å²) in [4.78, 5) is 13.5. The third-order valence-corrected chi connectivity index (χ3v) is 7.11. The van der Waals surface area contributed by atoms with Crippen molar-refractivity contribution < 1.29 is 17.9 Å². The summed E-state index contributed by atoms with van der Waals surface area (Å²) in [6.07, 6.45) is 1.97. The Morgan fingerprint density at radius 1 is 1.00 bits per heavy atom. The summed E-state index contributed by atoms with van der Waals surface area (Å²) in [6.45, 7) is 1.92. The quantitative estimate of drug-likeness (QED) is 0.475. The van der Waals surface area contributed by atoms with E-state index in [1.54, 1.807) is 73.3 Å². The van der Waals surface area contributed by atoms with E-state index < -0.39 is 10.0 Å². The molecule has 6 nitrogen and oxygen atoms in total. The summed E-state index contributed by atoms with van der Waals surface area (Å²) >= 11 is 1.60. The first kappa shape index (κ1) is 22.7. The van der Waals surface area contributed by atoms with Gasteiger partial charge in [0, 0.05) is 17.1 Å². The average Bonchev–Trinajstić information content (AvgIpc) is 2.79. The van der Waals surface area contributed by atoms with Crippen LogP contribution in [0, 0.1) is 0 Å². The highest BCUT2D eigenvalue weighted by molar-refractivity contribution is 7.98. The number of benzene rings is 3. The molecule has 0 bridgehead atoms. The number of sulfonamides is 1. The predicted octanol–water partition coefficient (Wildman–Crippen LogP) is 4.64. The molecule has 0 spiro atoms. The number of hydrogen-bond donors (Lipinski definition) is 1. The normalized spacial score (nSPS) is 11.0. The molecule has 0 aliphatic carbocycles. The van der Waals surface area contributed by atoms with Crippen molar-refractivity contribution in [2.45, 2.75) is 16.7 Å². The molecule has 31 heavy (non-hydrogen) atoms. The third-order valence-electron chi connectivity index (χ3n) is 4.47. The predicted molar refractivity (Wildman–Crippen MR) is 125 cm³/mol. The van der Waals surface area contributed by atoms with Crippen molar-refractivity contribution in [3.05, 3.63) is 78.9 Å². The van der Waals surface area contributed by atoms with E-state index in [1.165, 1.54) is 4.31 Å². The molecule has 0 radical (unpaired) electrons. The van der Waals surface area contributed by atoms with Gasteiger partial charge in [0.05, 0.1) is 10.6 Å². The maximum atomic E-state index is 12.9. The molecule has 0 aliphatic rings. The molecular formula is C23H24N2O4S2. The minimum Gasteiger partial charge on any atom is -0.484 e. The van der Waals surface area contributed by atoms with E-state index in [4.69, 9.17) is 4.74 Å². The van der Waals surface area contributed by atoms with E-state index in [-0.39, 0.29) is 24.0 Å². The first-order chi connectivity index (χ1) is 14.9. The number of anilines is 2. The van der Waals surface area contributed by atoms with Crippen LogP contribution >= 0.6 is 11.8 Å². The fourth-order valence-corrected chi connectivity index (χ4v) is 4.92. The number of nitrogens with one attached hydrogen (secondary N) is 1. The molecule has 0 aromatic heterocycles. The van der Waals surface area contributed by atoms with E-state index >= 15 is 0 Å². The number of ether oxygens (including phenoxy) is 1. The molecule has 0 saturated heterocycles. The SMILES string of the molecule is CCN(c1ccc(OCC(=O)Nc2cccc(SC)c2)cc1)S(=O)(=O)c1ccccc1. The lowest BCUT2D eigenvalue weighted by atomic mass is 10.3. The van der Waals surface area contributed by atoms with Gasteiger partial charge in [-0.1, -0.05) is 24.3 Å². The molecule has 8 heteroatoms. The molecule has 0 fully saturated rings. The van der Waals surface area contributed by atoms with Crippen molar-refractivity contribution >= 4 is 39.1 Å². The number of rotatable bonds is 9. The molecular weight excluding hydrogens is 432 g/mol. The topological polar surface area (TPSA) is 75.7 Å². The van der Waals surface area contributed by atoms with Crippen LogP contribution in [-0.2, 0) is 14.8 Å². The van der Waals surface area contributed by atoms with Gasteiger partial charge < -0.3 is 10.1 Å². The first-order valence-corrected chi connectivity index (χ1v) is 12.3. The van der Waals surface area contributed by atoms with Crippen LogP contribution in [0.5, 0.6) is 5.75 Å². The molecule has 0 heterocycles. The monoisotopic (exact) mass is 456 g/mol. The smallest absolute Gasteiger partial charge is 0.264 e. The molecule has 162 valence electrons. The van der Waals surface area contributed by atoms with Crippen molar-refractivity contribution in [2.75, 3.05) is 29.0 Å². The summed E-state index contributed by atoms with van der Waals surface area (Å²) < 4.78 is 32.7. The Bertz CT molecular complexity index is 1120. The Labute approximate surface area is 187 Å². The maximum Gasteiger partial charge on any atom is 0.264 e. The highest BCUT2D eigenvalue weighted by atomic mass is 32.2. The molecule has 0 atom stereocenters. The van der Waals surface area contributed by atoms with Crippen LogP contribution in [0.25, 0.3) is 0 Å². The molecule has 1 N–H and O–H groups in total. The Kier molecular flexibility index (Phi) is 7.59. The lowest BCUT2D eigenvalue weighted by Gasteiger charge is -2.23. The Morgan fingerprint density at radius 3 is 2.35 bits per heavy atom. The number of amides is 1. The molecule has 0 aliphatic heterocycles. The summed E-state index contributed by atoms with van der Waals surface area (Å²) in [6, 6.07) is 22.5.